The van der Waals surface area contributed by atoms with Gasteiger partial charge in [-0.05, 0) is 131 Å². The minimum absolute atomic E-state index is 1.10. The molecule has 0 radical (unpaired) electrons. The van der Waals surface area contributed by atoms with Gasteiger partial charge in [0.05, 0.1) is 0 Å². The van der Waals surface area contributed by atoms with Crippen LogP contribution in [-0.4, -0.2) is 0 Å². The Morgan fingerprint density at radius 2 is 0.906 bits per heavy atom. The third kappa shape index (κ3) is 7.48. The number of hydrogen-bond acceptors (Lipinski definition) is 3. The highest BCUT2D eigenvalue weighted by atomic mass is 32.1. The Bertz CT molecular complexity index is 2400. The lowest BCUT2D eigenvalue weighted by Gasteiger charge is -2.26. The molecule has 0 atom stereocenters. The molecule has 0 amide bonds. The largest absolute Gasteiger partial charge is 0.314 e. The van der Waals surface area contributed by atoms with Gasteiger partial charge in [-0.2, -0.15) is 0 Å². The van der Waals surface area contributed by atoms with Crippen LogP contribution in [-0.2, 0) is 0 Å². The molecule has 0 unspecified atom stereocenters. The SMILES string of the molecule is C/C(=C\C=C(/C)N(c1ccccc1)c1ccc2ccsc2c1)c1ccc(N(c2ccc(-c3ccccc3)cc2)c2ccc(-c3ccccc3)cc2)cc1. The minimum atomic E-state index is 1.10. The molecule has 0 spiro atoms. The number of para-hydroxylation sites is 1. The Kier molecular flexibility index (Phi) is 9.82. The summed E-state index contributed by atoms with van der Waals surface area (Å²) in [7, 11) is 0. The van der Waals surface area contributed by atoms with Gasteiger partial charge in [-0.1, -0.05) is 127 Å². The quantitative estimate of drug-likeness (QED) is 0.131. The Labute approximate surface area is 316 Å². The standard InChI is InChI=1S/C50H40N2S/c1-37(18-19-38(2)51(45-16-10-5-11-17-45)49-33-26-44-34-35-53-50(44)36-49)39-20-27-46(28-21-39)52(47-29-22-42(23-30-47)40-12-6-3-7-13-40)48-31-24-43(25-32-48)41-14-8-4-9-15-41/h3-36H,1-2H3/b37-18+,38-19+. The lowest BCUT2D eigenvalue weighted by molar-refractivity contribution is 1.16. The van der Waals surface area contributed by atoms with E-state index in [-0.39, 0.29) is 0 Å². The molecular weight excluding hydrogens is 661 g/mol. The molecule has 0 saturated carbocycles. The number of nitrogens with zero attached hydrogens (tertiary/aromatic N) is 2. The normalized spacial score (nSPS) is 11.8. The van der Waals surface area contributed by atoms with Crippen LogP contribution in [0.1, 0.15) is 19.4 Å². The summed E-state index contributed by atoms with van der Waals surface area (Å²) >= 11 is 1.78. The van der Waals surface area contributed by atoms with E-state index in [0.29, 0.717) is 0 Å². The summed E-state index contributed by atoms with van der Waals surface area (Å²) < 4.78 is 1.29. The van der Waals surface area contributed by atoms with E-state index in [0.717, 1.165) is 34.1 Å². The van der Waals surface area contributed by atoms with Crippen LogP contribution in [0.5, 0.6) is 0 Å². The van der Waals surface area contributed by atoms with E-state index in [1.165, 1.54) is 43.5 Å². The van der Waals surface area contributed by atoms with Crippen molar-refractivity contribution in [2.75, 3.05) is 9.80 Å². The average Bonchev–Trinajstić information content (AvgIpc) is 3.70. The van der Waals surface area contributed by atoms with Crippen LogP contribution in [0, 0.1) is 0 Å². The van der Waals surface area contributed by atoms with Gasteiger partial charge in [0.25, 0.3) is 0 Å². The molecule has 0 N–H and O–H groups in total. The molecule has 53 heavy (non-hydrogen) atoms. The topological polar surface area (TPSA) is 6.48 Å². The van der Waals surface area contributed by atoms with E-state index in [9.17, 15) is 0 Å². The van der Waals surface area contributed by atoms with Crippen molar-refractivity contribution >= 4 is 55.4 Å². The van der Waals surface area contributed by atoms with E-state index in [1.807, 2.05) is 0 Å². The molecule has 0 saturated heterocycles. The molecule has 3 heteroatoms. The fourth-order valence-corrected chi connectivity index (χ4v) is 7.64. The predicted molar refractivity (Wildman–Crippen MR) is 230 cm³/mol. The van der Waals surface area contributed by atoms with E-state index < -0.39 is 0 Å². The predicted octanol–water partition coefficient (Wildman–Crippen LogP) is 14.9. The second-order valence-corrected chi connectivity index (χ2v) is 14.1. The highest BCUT2D eigenvalue weighted by molar-refractivity contribution is 7.17. The molecular formula is C50H40N2S. The number of rotatable bonds is 10. The third-order valence-corrected chi connectivity index (χ3v) is 10.6. The first kappa shape index (κ1) is 33.7. The highest BCUT2D eigenvalue weighted by Gasteiger charge is 2.15. The van der Waals surface area contributed by atoms with Crippen molar-refractivity contribution < 1.29 is 0 Å². The van der Waals surface area contributed by atoms with Gasteiger partial charge in [0.15, 0.2) is 0 Å². The monoisotopic (exact) mass is 700 g/mol. The van der Waals surface area contributed by atoms with Crippen LogP contribution in [0.15, 0.2) is 211 Å². The second-order valence-electron chi connectivity index (χ2n) is 13.2. The van der Waals surface area contributed by atoms with Crippen LogP contribution in [0.2, 0.25) is 0 Å². The van der Waals surface area contributed by atoms with Gasteiger partial charge >= 0.3 is 0 Å². The van der Waals surface area contributed by atoms with Crippen molar-refractivity contribution in [2.24, 2.45) is 0 Å². The fourth-order valence-electron chi connectivity index (χ4n) is 6.82. The van der Waals surface area contributed by atoms with E-state index in [1.54, 1.807) is 11.3 Å². The van der Waals surface area contributed by atoms with E-state index >= 15 is 0 Å². The fraction of sp³-hybridized carbons (Fsp3) is 0.0400. The Balaban J connectivity index is 1.10. The number of anilines is 5. The summed E-state index contributed by atoms with van der Waals surface area (Å²) in [5.74, 6) is 0. The number of hydrogen-bond donors (Lipinski definition) is 0. The Morgan fingerprint density at radius 1 is 0.434 bits per heavy atom. The first-order valence-corrected chi connectivity index (χ1v) is 18.9. The smallest absolute Gasteiger partial charge is 0.0472 e. The van der Waals surface area contributed by atoms with Gasteiger partial charge in [-0.15, -0.1) is 11.3 Å². The summed E-state index contributed by atoms with van der Waals surface area (Å²) in [5.41, 5.74) is 14.0. The lowest BCUT2D eigenvalue weighted by Crippen LogP contribution is -2.14. The van der Waals surface area contributed by atoms with Crippen molar-refractivity contribution in [1.82, 2.24) is 0 Å². The number of benzene rings is 7. The molecule has 0 aliphatic heterocycles. The molecule has 0 aliphatic carbocycles. The molecule has 1 heterocycles. The summed E-state index contributed by atoms with van der Waals surface area (Å²) in [4.78, 5) is 4.66. The second kappa shape index (κ2) is 15.4. The zero-order valence-corrected chi connectivity index (χ0v) is 30.7. The molecule has 2 nitrogen and oxygen atoms in total. The highest BCUT2D eigenvalue weighted by Crippen LogP contribution is 2.38. The van der Waals surface area contributed by atoms with Crippen LogP contribution < -0.4 is 9.80 Å². The first-order valence-electron chi connectivity index (χ1n) is 18.0. The lowest BCUT2D eigenvalue weighted by atomic mass is 10.0. The average molecular weight is 701 g/mol. The summed E-state index contributed by atoms with van der Waals surface area (Å²) in [5, 5.41) is 3.43. The number of thiophene rings is 1. The van der Waals surface area contributed by atoms with Gasteiger partial charge in [-0.25, -0.2) is 0 Å². The van der Waals surface area contributed by atoms with Crippen molar-refractivity contribution in [3.63, 3.8) is 0 Å². The number of fused-ring (bicyclic) bond motifs is 1. The minimum Gasteiger partial charge on any atom is -0.314 e. The number of allylic oxidation sites excluding steroid dienone is 4. The van der Waals surface area contributed by atoms with Crippen molar-refractivity contribution in [3.05, 3.63) is 217 Å². The third-order valence-electron chi connectivity index (χ3n) is 9.69. The molecule has 7 aromatic carbocycles. The van der Waals surface area contributed by atoms with Crippen LogP contribution in [0.4, 0.5) is 28.4 Å². The zero-order chi connectivity index (χ0) is 36.0. The summed E-state index contributed by atoms with van der Waals surface area (Å²) in [6.45, 7) is 4.37. The zero-order valence-electron chi connectivity index (χ0n) is 29.9. The molecule has 8 aromatic rings. The maximum Gasteiger partial charge on any atom is 0.0472 e. The van der Waals surface area contributed by atoms with Crippen LogP contribution >= 0.6 is 11.3 Å². The molecule has 8 rings (SSSR count). The Hall–Kier alpha value is -6.42. The van der Waals surface area contributed by atoms with Gasteiger partial charge in [0, 0.05) is 38.8 Å². The van der Waals surface area contributed by atoms with Crippen molar-refractivity contribution in [3.8, 4) is 22.3 Å². The van der Waals surface area contributed by atoms with Crippen LogP contribution in [0.25, 0.3) is 37.9 Å². The summed E-state index contributed by atoms with van der Waals surface area (Å²) in [6, 6.07) is 67.2. The first-order chi connectivity index (χ1) is 26.1. The molecule has 0 aliphatic rings. The Morgan fingerprint density at radius 3 is 1.45 bits per heavy atom. The van der Waals surface area contributed by atoms with Gasteiger partial charge in [0.2, 0.25) is 0 Å². The molecule has 1 aromatic heterocycles. The maximum atomic E-state index is 2.33. The van der Waals surface area contributed by atoms with Crippen LogP contribution in [0.3, 0.4) is 0 Å². The van der Waals surface area contributed by atoms with Crippen molar-refractivity contribution in [2.45, 2.75) is 13.8 Å². The van der Waals surface area contributed by atoms with Gasteiger partial charge < -0.3 is 9.80 Å². The molecule has 256 valence electrons. The van der Waals surface area contributed by atoms with Gasteiger partial charge in [0.1, 0.15) is 0 Å². The van der Waals surface area contributed by atoms with E-state index in [4.69, 9.17) is 0 Å². The molecule has 0 bridgehead atoms. The van der Waals surface area contributed by atoms with E-state index in [2.05, 4.69) is 229 Å². The maximum absolute atomic E-state index is 2.33. The summed E-state index contributed by atoms with van der Waals surface area (Å²) in [6.07, 6.45) is 4.45. The molecule has 0 fully saturated rings. The van der Waals surface area contributed by atoms with Crippen molar-refractivity contribution in [1.29, 1.82) is 0 Å². The van der Waals surface area contributed by atoms with Gasteiger partial charge in [-0.3, -0.25) is 0 Å².